The molecule has 1 aromatic heterocycles. The van der Waals surface area contributed by atoms with Crippen LogP contribution >= 0.6 is 11.8 Å². The molecule has 12 atom stereocenters. The van der Waals surface area contributed by atoms with E-state index in [1.54, 1.807) is 39.8 Å². The fraction of sp³-hybridized carbons (Fsp3) is 0.610. The number of nitrogens with one attached hydrogen (secondary N) is 18. The maximum Gasteiger partial charge on any atom is 0.336 e. The topological polar surface area (TPSA) is 680 Å². The van der Waals surface area contributed by atoms with Crippen molar-refractivity contribution in [3.63, 3.8) is 0 Å². The van der Waals surface area contributed by atoms with Crippen LogP contribution in [0.15, 0.2) is 57.7 Å². The van der Waals surface area contributed by atoms with Gasteiger partial charge in [-0.3, -0.25) is 88.1 Å². The first kappa shape index (κ1) is 103. The minimum atomic E-state index is -1.72. The van der Waals surface area contributed by atoms with Gasteiger partial charge in [-0.15, -0.1) is 0 Å². The smallest absolute Gasteiger partial charge is 0.336 e. The number of nitro benzene ring substituents is 1. The van der Waals surface area contributed by atoms with Crippen molar-refractivity contribution < 1.29 is 91.1 Å². The SMILES string of the molecule is COc1ccc2c(CC(=O)N[C@@H](CCCCNC(=O)CCCCCNC(=O)CCCCC3SCC4NC(=O)NC43)C(=O)N3CCC[C@H]3C(=O)N[C@@H](CC(C)C)C(=O)NCC(=O)N[C@@H](CC(C)C)C(=O)N[C@@H](CNc3ccccc3[N+](=O)[O-])C(=O)N[C@@H](C)C(=O)N[C@@H](CCCNC(=N)N)C(=O)N[C@@H](CCC(=O)O)C(=O)N[C@@H](CCCNC(=N)N)C(N)=O)cc(=O)oc2c1. The highest BCUT2D eigenvalue weighted by molar-refractivity contribution is 8.00. The van der Waals surface area contributed by atoms with Crippen molar-refractivity contribution in [3.8, 4) is 5.75 Å². The van der Waals surface area contributed by atoms with Crippen molar-refractivity contribution >= 4 is 135 Å². The molecule has 0 aliphatic carbocycles. The molecular weight excluding hydrogens is 1680 g/mol. The third-order valence-corrected chi connectivity index (χ3v) is 22.7. The van der Waals surface area contributed by atoms with Crippen molar-refractivity contribution in [1.82, 2.24) is 84.7 Å². The number of rotatable bonds is 57. The van der Waals surface area contributed by atoms with Crippen LogP contribution in [0.2, 0.25) is 0 Å². The number of ether oxygens (including phenoxy) is 1. The zero-order valence-electron chi connectivity index (χ0n) is 72.6. The van der Waals surface area contributed by atoms with E-state index < -0.39 is 173 Å². The number of guanidine groups is 2. The highest BCUT2D eigenvalue weighted by Gasteiger charge is 2.44. The number of anilines is 1. The molecule has 6 rings (SSSR count). The molecule has 3 unspecified atom stereocenters. The summed E-state index contributed by atoms with van der Waals surface area (Å²) >= 11 is 1.84. The van der Waals surface area contributed by atoms with Gasteiger partial charge in [0.25, 0.3) is 5.69 Å². The summed E-state index contributed by atoms with van der Waals surface area (Å²) in [4.78, 5) is 230. The Labute approximate surface area is 739 Å². The normalized spacial score (nSPS) is 16.9. The van der Waals surface area contributed by atoms with E-state index in [0.717, 1.165) is 25.0 Å². The Hall–Kier alpha value is -12.6. The van der Waals surface area contributed by atoms with Gasteiger partial charge < -0.3 is 121 Å². The van der Waals surface area contributed by atoms with Gasteiger partial charge >= 0.3 is 17.6 Å². The summed E-state index contributed by atoms with van der Waals surface area (Å²) in [6.45, 7) is 7.69. The number of carbonyl (C=O) groups is 15. The molecule has 0 radical (unpaired) electrons. The molecule has 127 heavy (non-hydrogen) atoms. The number of nitrogens with zero attached hydrogens (tertiary/aromatic N) is 2. The summed E-state index contributed by atoms with van der Waals surface area (Å²) in [6.07, 6.45) is 4.67. The summed E-state index contributed by atoms with van der Waals surface area (Å²) < 4.78 is 10.7. The van der Waals surface area contributed by atoms with Gasteiger partial charge in [-0.1, -0.05) is 52.7 Å². The van der Waals surface area contributed by atoms with Crippen molar-refractivity contribution in [3.05, 3.63) is 74.6 Å². The zero-order chi connectivity index (χ0) is 93.4. The summed E-state index contributed by atoms with van der Waals surface area (Å²) in [7, 11) is 1.44. The Balaban J connectivity index is 1.09. The largest absolute Gasteiger partial charge is 0.497 e. The zero-order valence-corrected chi connectivity index (χ0v) is 73.4. The van der Waals surface area contributed by atoms with Crippen molar-refractivity contribution in [2.45, 2.75) is 248 Å². The number of carboxylic acid groups (broad SMARTS) is 1. The van der Waals surface area contributed by atoms with Crippen LogP contribution in [0.5, 0.6) is 5.75 Å². The average Bonchev–Trinajstić information content (AvgIpc) is 1.43. The lowest BCUT2D eigenvalue weighted by Crippen LogP contribution is -2.60. The average molecular weight is 1800 g/mol. The number of amides is 15. The number of nitrogens with two attached hydrogens (primary N) is 3. The summed E-state index contributed by atoms with van der Waals surface area (Å²) in [6, 6.07) is -1.59. The highest BCUT2D eigenvalue weighted by Crippen LogP contribution is 2.34. The predicted octanol–water partition coefficient (Wildman–Crippen LogP) is -0.972. The highest BCUT2D eigenvalue weighted by atomic mass is 32.2. The lowest BCUT2D eigenvalue weighted by atomic mass is 10.0. The van der Waals surface area contributed by atoms with E-state index in [2.05, 4.69) is 85.1 Å². The standard InChI is InChI=1S/C82H125N23O21S/c1-45(2)37-56(100-78(120)61-24-18-36-104(61)79(121)55(95-66(108)39-48-40-69(112)126-62-41-49(125-6)28-29-50(48)62)20-13-15-33-89-64(106)26-8-7-14-32-88-65(107)27-12-11-25-63-70-59(44-127-63)102-82(122)103-70)73(115)93-43-67(109)96-57(38-46(3)4)76(118)101-58(42-92-51-19-9-10-23-60(51)105(123)124)77(119)94-47(5)72(114)98-53(22-17-35-91-81(86)87)74(116)99-54(30-31-68(110)111)75(117)97-52(71(83)113)21-16-34-90-80(84)85/h9-10,19,23,28-29,40-41,45-47,52-59,61,63,70,92H,7-8,11-18,20-22,24-27,30-39,42-44H2,1-6H3,(H2,83,113)(H,88,107)(H,89,106)(H,93,115)(H,94,119)(H,95,108)(H,96,109)(H,97,117)(H,98,114)(H,99,116)(H,100,120)(H,101,118)(H,110,111)(H4,84,85,90)(H4,86,87,91)(H2,102,103,122)/t47-,52-,53-,54-,55-,56-,57-,58-,59?,61-,63?,70?/m0/s1. The molecule has 3 fully saturated rings. The van der Waals surface area contributed by atoms with Gasteiger partial charge in [0, 0.05) is 93.1 Å². The first-order valence-corrected chi connectivity index (χ1v) is 43.9. The molecule has 15 amide bonds. The Bertz CT molecular complexity index is 4420. The number of urea groups is 1. The van der Waals surface area contributed by atoms with Crippen LogP contribution < -0.4 is 113 Å². The predicted molar refractivity (Wildman–Crippen MR) is 469 cm³/mol. The molecule has 2 aromatic carbocycles. The van der Waals surface area contributed by atoms with Gasteiger partial charge in [-0.25, -0.2) is 9.59 Å². The molecule has 3 aromatic rings. The summed E-state index contributed by atoms with van der Waals surface area (Å²) in [5, 5.41) is 80.0. The molecule has 45 heteroatoms. The number of primary amides is 1. The Morgan fingerprint density at radius 2 is 1.17 bits per heavy atom. The lowest BCUT2D eigenvalue weighted by Gasteiger charge is -2.30. The number of carboxylic acids is 1. The molecule has 3 saturated heterocycles. The number of thioether (sulfide) groups is 1. The monoisotopic (exact) mass is 1800 g/mol. The molecule has 4 heterocycles. The molecule has 0 bridgehead atoms. The minimum Gasteiger partial charge on any atom is -0.497 e. The first-order valence-electron chi connectivity index (χ1n) is 42.9. The first-order chi connectivity index (χ1) is 60.4. The Morgan fingerprint density at radius 1 is 0.598 bits per heavy atom. The maximum absolute atomic E-state index is 14.9. The third-order valence-electron chi connectivity index (χ3n) is 21.2. The molecule has 3 aliphatic rings. The number of hydrogen-bond acceptors (Lipinski definition) is 24. The van der Waals surface area contributed by atoms with Gasteiger partial charge in [-0.2, -0.15) is 11.8 Å². The molecule has 0 spiro atoms. The number of unbranched alkanes of at least 4 members (excludes halogenated alkanes) is 4. The number of hydrogen-bond donors (Lipinski definition) is 22. The number of fused-ring (bicyclic) bond motifs is 2. The molecule has 0 saturated carbocycles. The van der Waals surface area contributed by atoms with Gasteiger partial charge in [0.05, 0.1) is 37.1 Å². The van der Waals surface area contributed by atoms with Crippen LogP contribution in [0.3, 0.4) is 0 Å². The molecular formula is C82H125N23O21S. The number of likely N-dealkylation sites (tertiary alicyclic amines) is 1. The van der Waals surface area contributed by atoms with Gasteiger partial charge in [-0.05, 0) is 145 Å². The van der Waals surface area contributed by atoms with Crippen LogP contribution in [-0.4, -0.2) is 246 Å². The van der Waals surface area contributed by atoms with Gasteiger partial charge in [0.15, 0.2) is 11.9 Å². The molecule has 700 valence electrons. The van der Waals surface area contributed by atoms with Crippen molar-refractivity contribution in [1.29, 1.82) is 10.8 Å². The van der Waals surface area contributed by atoms with Crippen LogP contribution in [0.25, 0.3) is 11.0 Å². The quantitative estimate of drug-likeness (QED) is 0.00615. The van der Waals surface area contributed by atoms with E-state index in [4.69, 9.17) is 37.2 Å². The second-order valence-corrected chi connectivity index (χ2v) is 33.7. The number of carbonyl (C=O) groups excluding carboxylic acids is 14. The molecule has 44 nitrogen and oxygen atoms in total. The van der Waals surface area contributed by atoms with E-state index in [1.807, 2.05) is 11.8 Å². The van der Waals surface area contributed by atoms with E-state index in [0.29, 0.717) is 73.4 Å². The van der Waals surface area contributed by atoms with Crippen LogP contribution in [0, 0.1) is 32.8 Å². The summed E-state index contributed by atoms with van der Waals surface area (Å²) in [5.41, 5.74) is 15.5. The van der Waals surface area contributed by atoms with E-state index in [1.165, 1.54) is 55.3 Å². The second kappa shape index (κ2) is 53.0. The van der Waals surface area contributed by atoms with Gasteiger partial charge in [0.2, 0.25) is 76.8 Å². The third kappa shape index (κ3) is 36.1. The number of para-hydroxylation sites is 2. The number of nitro groups is 1. The fourth-order valence-corrected chi connectivity index (χ4v) is 16.2. The van der Waals surface area contributed by atoms with E-state index >= 15 is 0 Å². The minimum absolute atomic E-state index is 0.0151. The lowest BCUT2D eigenvalue weighted by molar-refractivity contribution is -0.384. The summed E-state index contributed by atoms with van der Waals surface area (Å²) in [5.74, 6) is -11.6. The fourth-order valence-electron chi connectivity index (χ4n) is 14.7. The number of aliphatic carboxylic acids is 1. The van der Waals surface area contributed by atoms with Crippen LogP contribution in [0.4, 0.5) is 16.2 Å². The molecule has 25 N–H and O–H groups in total. The Morgan fingerprint density at radius 3 is 1.80 bits per heavy atom. The number of methoxy groups -OCH3 is 1. The van der Waals surface area contributed by atoms with E-state index in [9.17, 15) is 91.9 Å². The number of benzene rings is 2. The van der Waals surface area contributed by atoms with Crippen molar-refractivity contribution in [2.75, 3.05) is 64.0 Å². The van der Waals surface area contributed by atoms with Crippen LogP contribution in [0.1, 0.15) is 175 Å². The molecule has 3 aliphatic heterocycles. The van der Waals surface area contributed by atoms with E-state index in [-0.39, 0.29) is 149 Å². The van der Waals surface area contributed by atoms with Gasteiger partial charge in [0.1, 0.15) is 71.4 Å². The second-order valence-electron chi connectivity index (χ2n) is 32.4. The Kier molecular flexibility index (Phi) is 43.1. The van der Waals surface area contributed by atoms with Crippen LogP contribution in [-0.2, 0) is 73.5 Å². The maximum atomic E-state index is 14.9. The van der Waals surface area contributed by atoms with Crippen molar-refractivity contribution in [2.24, 2.45) is 29.0 Å².